The van der Waals surface area contributed by atoms with Gasteiger partial charge in [-0.1, -0.05) is 36.4 Å². The molecule has 2 aromatic carbocycles. The van der Waals surface area contributed by atoms with Gasteiger partial charge in [0.25, 0.3) is 0 Å². The van der Waals surface area contributed by atoms with Crippen LogP contribution in [0.4, 0.5) is 5.69 Å². The molecule has 4 N–H and O–H groups in total. The molecule has 17 heavy (non-hydrogen) atoms. The number of rotatable bonds is 4. The topological polar surface area (TPSA) is 50.1 Å². The fourth-order valence-electron chi connectivity index (χ4n) is 1.76. The van der Waals surface area contributed by atoms with Crippen LogP contribution in [0.2, 0.25) is 0 Å². The van der Waals surface area contributed by atoms with E-state index in [2.05, 4.69) is 34.9 Å². The molecule has 0 aliphatic heterocycles. The molecular formula is C13H15N3S. The van der Waals surface area contributed by atoms with Gasteiger partial charge in [-0.15, -0.1) is 0 Å². The Labute approximate surface area is 106 Å². The second-order valence-electron chi connectivity index (χ2n) is 3.74. The summed E-state index contributed by atoms with van der Waals surface area (Å²) in [5.41, 5.74) is 6.49. The van der Waals surface area contributed by atoms with E-state index in [9.17, 15) is 0 Å². The normalized spacial score (nSPS) is 10.1. The molecule has 0 aliphatic rings. The number of fused-ring (bicyclic) bond motifs is 1. The Morgan fingerprint density at radius 2 is 1.82 bits per heavy atom. The van der Waals surface area contributed by atoms with Crippen molar-refractivity contribution >= 4 is 33.8 Å². The molecule has 0 atom stereocenters. The van der Waals surface area contributed by atoms with Crippen LogP contribution in [0.3, 0.4) is 0 Å². The summed E-state index contributed by atoms with van der Waals surface area (Å²) in [5, 5.41) is 9.08. The highest BCUT2D eigenvalue weighted by atomic mass is 32.1. The van der Waals surface area contributed by atoms with Crippen LogP contribution in [0.5, 0.6) is 0 Å². The van der Waals surface area contributed by atoms with E-state index in [4.69, 9.17) is 18.0 Å². The van der Waals surface area contributed by atoms with Crippen molar-refractivity contribution in [1.82, 2.24) is 5.32 Å². The van der Waals surface area contributed by atoms with E-state index >= 15 is 0 Å². The highest BCUT2D eigenvalue weighted by molar-refractivity contribution is 7.80. The third kappa shape index (κ3) is 3.07. The third-order valence-electron chi connectivity index (χ3n) is 2.53. The summed E-state index contributed by atoms with van der Waals surface area (Å²) in [7, 11) is 0. The summed E-state index contributed by atoms with van der Waals surface area (Å²) < 4.78 is 0. The molecule has 0 bridgehead atoms. The van der Waals surface area contributed by atoms with Crippen LogP contribution in [0.1, 0.15) is 0 Å². The monoisotopic (exact) mass is 245 g/mol. The van der Waals surface area contributed by atoms with Crippen LogP contribution in [0.15, 0.2) is 42.5 Å². The number of benzene rings is 2. The van der Waals surface area contributed by atoms with Gasteiger partial charge >= 0.3 is 0 Å². The lowest BCUT2D eigenvalue weighted by atomic mass is 10.1. The number of nitrogens with two attached hydrogens (primary N) is 1. The predicted octanol–water partition coefficient (Wildman–Crippen LogP) is 2.08. The van der Waals surface area contributed by atoms with Gasteiger partial charge in [0.05, 0.1) is 0 Å². The number of anilines is 1. The number of thiocarbonyl (C=S) groups is 1. The van der Waals surface area contributed by atoms with Crippen molar-refractivity contribution in [3.63, 3.8) is 0 Å². The zero-order chi connectivity index (χ0) is 12.1. The highest BCUT2D eigenvalue weighted by Crippen LogP contribution is 2.22. The predicted molar refractivity (Wildman–Crippen MR) is 77.2 cm³/mol. The maximum absolute atomic E-state index is 5.35. The molecule has 0 saturated heterocycles. The molecule has 0 spiro atoms. The summed E-state index contributed by atoms with van der Waals surface area (Å²) in [6.07, 6.45) is 0. The second-order valence-corrected chi connectivity index (χ2v) is 4.18. The van der Waals surface area contributed by atoms with E-state index < -0.39 is 0 Å². The van der Waals surface area contributed by atoms with Crippen molar-refractivity contribution in [2.45, 2.75) is 0 Å². The molecule has 3 nitrogen and oxygen atoms in total. The first-order valence-corrected chi connectivity index (χ1v) is 5.93. The molecule has 0 heterocycles. The molecule has 0 amide bonds. The zero-order valence-electron chi connectivity index (χ0n) is 9.44. The molecule has 2 aromatic rings. The Bertz CT molecular complexity index is 520. The van der Waals surface area contributed by atoms with Crippen molar-refractivity contribution in [2.75, 3.05) is 18.4 Å². The van der Waals surface area contributed by atoms with Crippen molar-refractivity contribution in [1.29, 1.82) is 0 Å². The first-order chi connectivity index (χ1) is 8.27. The van der Waals surface area contributed by atoms with Gasteiger partial charge in [-0.05, 0) is 23.7 Å². The molecule has 0 aliphatic carbocycles. The summed E-state index contributed by atoms with van der Waals surface area (Å²) in [4.78, 5) is 0. The Hall–Kier alpha value is -1.81. The van der Waals surface area contributed by atoms with Crippen molar-refractivity contribution in [3.8, 4) is 0 Å². The summed E-state index contributed by atoms with van der Waals surface area (Å²) in [5.74, 6) is 0. The highest BCUT2D eigenvalue weighted by Gasteiger charge is 1.98. The van der Waals surface area contributed by atoms with Crippen LogP contribution in [0, 0.1) is 0 Å². The lowest BCUT2D eigenvalue weighted by Gasteiger charge is -2.10. The summed E-state index contributed by atoms with van der Waals surface area (Å²) >= 11 is 4.74. The van der Waals surface area contributed by atoms with E-state index in [-0.39, 0.29) is 0 Å². The van der Waals surface area contributed by atoms with Gasteiger partial charge in [0.2, 0.25) is 0 Å². The fourth-order valence-corrected chi connectivity index (χ4v) is 1.86. The van der Waals surface area contributed by atoms with Gasteiger partial charge in [-0.25, -0.2) is 0 Å². The van der Waals surface area contributed by atoms with Crippen LogP contribution < -0.4 is 16.4 Å². The Kier molecular flexibility index (Phi) is 3.77. The van der Waals surface area contributed by atoms with Gasteiger partial charge < -0.3 is 16.4 Å². The first-order valence-electron chi connectivity index (χ1n) is 5.52. The largest absolute Gasteiger partial charge is 0.383 e. The van der Waals surface area contributed by atoms with Gasteiger partial charge in [0, 0.05) is 24.2 Å². The molecule has 0 radical (unpaired) electrons. The second kappa shape index (κ2) is 5.50. The number of hydrogen-bond acceptors (Lipinski definition) is 2. The molecule has 88 valence electrons. The van der Waals surface area contributed by atoms with Crippen LogP contribution in [-0.4, -0.2) is 18.2 Å². The van der Waals surface area contributed by atoms with E-state index in [0.717, 1.165) is 18.8 Å². The van der Waals surface area contributed by atoms with Gasteiger partial charge in [-0.3, -0.25) is 0 Å². The van der Waals surface area contributed by atoms with E-state index in [0.29, 0.717) is 5.11 Å². The average Bonchev–Trinajstić information content (AvgIpc) is 2.34. The van der Waals surface area contributed by atoms with Gasteiger partial charge in [-0.2, -0.15) is 0 Å². The molecule has 0 aromatic heterocycles. The number of hydrogen-bond donors (Lipinski definition) is 3. The summed E-state index contributed by atoms with van der Waals surface area (Å²) in [6, 6.07) is 14.5. The standard InChI is InChI=1S/C13H15N3S/c14-13(17)16-9-8-15-12-7-3-5-10-4-1-2-6-11(10)12/h1-7,15H,8-9H2,(H3,14,16,17). The number of nitrogens with one attached hydrogen (secondary N) is 2. The van der Waals surface area contributed by atoms with E-state index in [1.165, 1.54) is 10.8 Å². The molecule has 0 unspecified atom stereocenters. The summed E-state index contributed by atoms with van der Waals surface area (Å²) in [6.45, 7) is 1.50. The molecular weight excluding hydrogens is 230 g/mol. The molecule has 2 rings (SSSR count). The minimum Gasteiger partial charge on any atom is -0.383 e. The smallest absolute Gasteiger partial charge is 0.163 e. The maximum atomic E-state index is 5.35. The minimum atomic E-state index is 0.338. The van der Waals surface area contributed by atoms with Crippen LogP contribution >= 0.6 is 12.2 Å². The minimum absolute atomic E-state index is 0.338. The quantitative estimate of drug-likeness (QED) is 0.570. The molecule has 0 fully saturated rings. The van der Waals surface area contributed by atoms with Gasteiger partial charge in [0.15, 0.2) is 5.11 Å². The van der Waals surface area contributed by atoms with Crippen molar-refractivity contribution in [2.24, 2.45) is 5.73 Å². The SMILES string of the molecule is NC(=S)NCCNc1cccc2ccccc12. The van der Waals surface area contributed by atoms with Crippen LogP contribution in [-0.2, 0) is 0 Å². The third-order valence-corrected chi connectivity index (χ3v) is 2.67. The van der Waals surface area contributed by atoms with E-state index in [1.807, 2.05) is 18.2 Å². The van der Waals surface area contributed by atoms with E-state index in [1.54, 1.807) is 0 Å². The Morgan fingerprint density at radius 1 is 1.06 bits per heavy atom. The molecule has 0 saturated carbocycles. The van der Waals surface area contributed by atoms with Crippen molar-refractivity contribution in [3.05, 3.63) is 42.5 Å². The molecule has 4 heteroatoms. The average molecular weight is 245 g/mol. The maximum Gasteiger partial charge on any atom is 0.163 e. The first kappa shape index (κ1) is 11.7. The zero-order valence-corrected chi connectivity index (χ0v) is 10.3. The van der Waals surface area contributed by atoms with Gasteiger partial charge in [0.1, 0.15) is 0 Å². The Balaban J connectivity index is 2.05. The lowest BCUT2D eigenvalue weighted by molar-refractivity contribution is 0.912. The Morgan fingerprint density at radius 3 is 2.65 bits per heavy atom. The van der Waals surface area contributed by atoms with Crippen molar-refractivity contribution < 1.29 is 0 Å². The van der Waals surface area contributed by atoms with Crippen LogP contribution in [0.25, 0.3) is 10.8 Å². The lowest BCUT2D eigenvalue weighted by Crippen LogP contribution is -2.32. The fraction of sp³-hybridized carbons (Fsp3) is 0.154.